The van der Waals surface area contributed by atoms with Gasteiger partial charge in [-0.3, -0.25) is 14.9 Å². The zero-order valence-corrected chi connectivity index (χ0v) is 12.8. The Balaban J connectivity index is 2.01. The number of benzene rings is 1. The highest BCUT2D eigenvalue weighted by Gasteiger charge is 2.18. The number of esters is 1. The molecule has 0 amide bonds. The number of ether oxygens (including phenoxy) is 1. The molecule has 0 aliphatic rings. The van der Waals surface area contributed by atoms with Gasteiger partial charge >= 0.3 is 11.0 Å². The molecule has 0 aliphatic carbocycles. The van der Waals surface area contributed by atoms with Crippen LogP contribution in [-0.2, 0) is 4.74 Å². The van der Waals surface area contributed by atoms with Gasteiger partial charge in [0.15, 0.2) is 6.61 Å². The Labute approximate surface area is 130 Å². The second-order valence-electron chi connectivity index (χ2n) is 4.71. The van der Waals surface area contributed by atoms with E-state index in [1.165, 1.54) is 12.1 Å². The van der Waals surface area contributed by atoms with Crippen LogP contribution in [0.5, 0.6) is 0 Å². The minimum Gasteiger partial charge on any atom is -0.453 e. The average Bonchev–Trinajstić information content (AvgIpc) is 2.94. The first-order valence-electron chi connectivity index (χ1n) is 6.40. The van der Waals surface area contributed by atoms with Crippen LogP contribution < -0.4 is 0 Å². The van der Waals surface area contributed by atoms with E-state index in [4.69, 9.17) is 4.74 Å². The molecular formula is C15H13NO5S. The SMILES string of the molecule is Cc1ccc(C(=O)COC(=O)c2ccc([N+](=O)[O-])s2)c(C)c1. The highest BCUT2D eigenvalue weighted by molar-refractivity contribution is 7.17. The summed E-state index contributed by atoms with van der Waals surface area (Å²) in [5.41, 5.74) is 2.35. The number of carbonyl (C=O) groups excluding carboxylic acids is 2. The molecule has 0 N–H and O–H groups in total. The van der Waals surface area contributed by atoms with Gasteiger partial charge in [-0.25, -0.2) is 4.79 Å². The van der Waals surface area contributed by atoms with E-state index >= 15 is 0 Å². The average molecular weight is 319 g/mol. The molecule has 0 unspecified atom stereocenters. The molecule has 1 heterocycles. The fraction of sp³-hybridized carbons (Fsp3) is 0.200. The van der Waals surface area contributed by atoms with Gasteiger partial charge in [0, 0.05) is 11.6 Å². The fourth-order valence-corrected chi connectivity index (χ4v) is 2.66. The number of hydrogen-bond acceptors (Lipinski definition) is 6. The summed E-state index contributed by atoms with van der Waals surface area (Å²) >= 11 is 0.717. The van der Waals surface area contributed by atoms with Gasteiger partial charge < -0.3 is 4.74 Å². The lowest BCUT2D eigenvalue weighted by Gasteiger charge is -2.06. The Morgan fingerprint density at radius 2 is 1.95 bits per heavy atom. The minimum atomic E-state index is -0.740. The number of ketones is 1. The highest BCUT2D eigenvalue weighted by atomic mass is 32.1. The summed E-state index contributed by atoms with van der Waals surface area (Å²) in [6.45, 7) is 3.34. The van der Waals surface area contributed by atoms with Crippen molar-refractivity contribution in [1.29, 1.82) is 0 Å². The molecule has 1 aromatic heterocycles. The Kier molecular flexibility index (Phi) is 4.67. The topological polar surface area (TPSA) is 86.5 Å². The van der Waals surface area contributed by atoms with Gasteiger partial charge in [-0.1, -0.05) is 35.1 Å². The van der Waals surface area contributed by atoms with Crippen LogP contribution in [0.15, 0.2) is 30.3 Å². The number of Topliss-reactive ketones (excluding diaryl/α,β-unsaturated/α-hetero) is 1. The van der Waals surface area contributed by atoms with Gasteiger partial charge in [0.2, 0.25) is 5.78 Å². The molecule has 0 bridgehead atoms. The maximum atomic E-state index is 12.0. The predicted molar refractivity (Wildman–Crippen MR) is 81.5 cm³/mol. The Morgan fingerprint density at radius 1 is 1.23 bits per heavy atom. The molecule has 0 atom stereocenters. The third-order valence-electron chi connectivity index (χ3n) is 2.99. The molecule has 2 aromatic rings. The number of hydrogen-bond donors (Lipinski definition) is 0. The standard InChI is InChI=1S/C15H13NO5S/c1-9-3-4-11(10(2)7-9)12(17)8-21-15(18)13-5-6-14(22-13)16(19)20/h3-7H,8H2,1-2H3. The lowest BCUT2D eigenvalue weighted by Crippen LogP contribution is -2.14. The lowest BCUT2D eigenvalue weighted by molar-refractivity contribution is -0.380. The third-order valence-corrected chi connectivity index (χ3v) is 4.01. The van der Waals surface area contributed by atoms with Crippen molar-refractivity contribution >= 4 is 28.1 Å². The summed E-state index contributed by atoms with van der Waals surface area (Å²) in [6, 6.07) is 7.92. The van der Waals surface area contributed by atoms with Crippen LogP contribution in [0.25, 0.3) is 0 Å². The number of thiophene rings is 1. The van der Waals surface area contributed by atoms with Crippen LogP contribution in [0.1, 0.15) is 31.2 Å². The summed E-state index contributed by atoms with van der Waals surface area (Å²) in [4.78, 5) is 33.9. The number of carbonyl (C=O) groups is 2. The predicted octanol–water partition coefficient (Wildman–Crippen LogP) is 3.31. The monoisotopic (exact) mass is 319 g/mol. The van der Waals surface area contributed by atoms with Crippen LogP contribution in [0.4, 0.5) is 5.00 Å². The molecule has 0 radical (unpaired) electrons. The number of aryl methyl sites for hydroxylation is 2. The van der Waals surface area contributed by atoms with Crippen LogP contribution in [0.3, 0.4) is 0 Å². The van der Waals surface area contributed by atoms with E-state index < -0.39 is 17.5 Å². The van der Waals surface area contributed by atoms with Crippen molar-refractivity contribution in [3.05, 3.63) is 62.0 Å². The maximum absolute atomic E-state index is 12.0. The van der Waals surface area contributed by atoms with E-state index in [-0.39, 0.29) is 15.7 Å². The van der Waals surface area contributed by atoms with Gasteiger partial charge in [0.25, 0.3) is 0 Å². The van der Waals surface area contributed by atoms with E-state index in [9.17, 15) is 19.7 Å². The Hall–Kier alpha value is -2.54. The second kappa shape index (κ2) is 6.48. The van der Waals surface area contributed by atoms with Crippen molar-refractivity contribution in [2.45, 2.75) is 13.8 Å². The van der Waals surface area contributed by atoms with E-state index in [1.807, 2.05) is 26.0 Å². The van der Waals surface area contributed by atoms with Crippen molar-refractivity contribution < 1.29 is 19.2 Å². The van der Waals surface area contributed by atoms with Crippen LogP contribution in [0, 0.1) is 24.0 Å². The maximum Gasteiger partial charge on any atom is 0.349 e. The quantitative estimate of drug-likeness (QED) is 0.365. The zero-order chi connectivity index (χ0) is 16.3. The van der Waals surface area contributed by atoms with Gasteiger partial charge in [-0.15, -0.1) is 0 Å². The molecule has 22 heavy (non-hydrogen) atoms. The van der Waals surface area contributed by atoms with Crippen molar-refractivity contribution in [3.8, 4) is 0 Å². The Morgan fingerprint density at radius 3 is 2.55 bits per heavy atom. The van der Waals surface area contributed by atoms with E-state index in [0.29, 0.717) is 16.9 Å². The number of rotatable bonds is 5. The van der Waals surface area contributed by atoms with Gasteiger partial charge in [0.05, 0.1) is 4.92 Å². The molecule has 114 valence electrons. The third kappa shape index (κ3) is 3.56. The van der Waals surface area contributed by atoms with Gasteiger partial charge in [-0.2, -0.15) is 0 Å². The molecule has 7 heteroatoms. The van der Waals surface area contributed by atoms with Gasteiger partial charge in [-0.05, 0) is 25.5 Å². The van der Waals surface area contributed by atoms with Crippen LogP contribution >= 0.6 is 11.3 Å². The van der Waals surface area contributed by atoms with Gasteiger partial charge in [0.1, 0.15) is 4.88 Å². The van der Waals surface area contributed by atoms with Crippen molar-refractivity contribution in [1.82, 2.24) is 0 Å². The summed E-state index contributed by atoms with van der Waals surface area (Å²) in [5, 5.41) is 10.4. The van der Waals surface area contributed by atoms with Crippen LogP contribution in [-0.4, -0.2) is 23.3 Å². The smallest absolute Gasteiger partial charge is 0.349 e. The molecular weight excluding hydrogens is 306 g/mol. The fourth-order valence-electron chi connectivity index (χ4n) is 1.94. The van der Waals surface area contributed by atoms with Crippen LogP contribution in [0.2, 0.25) is 0 Å². The zero-order valence-electron chi connectivity index (χ0n) is 12.0. The molecule has 0 aliphatic heterocycles. The largest absolute Gasteiger partial charge is 0.453 e. The van der Waals surface area contributed by atoms with Crippen molar-refractivity contribution in [2.24, 2.45) is 0 Å². The molecule has 2 rings (SSSR count). The van der Waals surface area contributed by atoms with E-state index in [0.717, 1.165) is 11.1 Å². The molecule has 6 nitrogen and oxygen atoms in total. The summed E-state index contributed by atoms with van der Waals surface area (Å²) in [6.07, 6.45) is 0. The minimum absolute atomic E-state index is 0.0973. The first-order chi connectivity index (χ1) is 10.4. The summed E-state index contributed by atoms with van der Waals surface area (Å²) in [7, 11) is 0. The Bertz CT molecular complexity index is 750. The molecule has 0 spiro atoms. The van der Waals surface area contributed by atoms with E-state index in [1.54, 1.807) is 6.07 Å². The molecule has 1 aromatic carbocycles. The first kappa shape index (κ1) is 15.8. The summed E-state index contributed by atoms with van der Waals surface area (Å²) < 4.78 is 4.92. The molecule has 0 fully saturated rings. The van der Waals surface area contributed by atoms with Crippen molar-refractivity contribution in [3.63, 3.8) is 0 Å². The second-order valence-corrected chi connectivity index (χ2v) is 5.77. The molecule has 0 saturated heterocycles. The van der Waals surface area contributed by atoms with Crippen molar-refractivity contribution in [2.75, 3.05) is 6.61 Å². The normalized spacial score (nSPS) is 10.3. The first-order valence-corrected chi connectivity index (χ1v) is 7.22. The number of nitrogens with zero attached hydrogens (tertiary/aromatic N) is 1. The summed E-state index contributed by atoms with van der Waals surface area (Å²) in [5.74, 6) is -1.05. The van der Waals surface area contributed by atoms with E-state index in [2.05, 4.69) is 0 Å². The number of nitro groups is 1. The molecule has 0 saturated carbocycles. The highest BCUT2D eigenvalue weighted by Crippen LogP contribution is 2.24. The lowest BCUT2D eigenvalue weighted by atomic mass is 10.0.